The fraction of sp³-hybridized carbons (Fsp3) is 0.154. The van der Waals surface area contributed by atoms with Gasteiger partial charge in [-0.25, -0.2) is 14.8 Å². The first-order chi connectivity index (χ1) is 9.70. The Morgan fingerprint density at radius 3 is 2.75 bits per heavy atom. The molecule has 0 aliphatic heterocycles. The standard InChI is InChI=1S/C13H12ClN3O3/c1-19-10-11(14)15-8-16-12(10)17-13(18)20-7-9-5-3-2-4-6-9/h2-6,8H,7H2,1H3,(H,15,16,17,18). The van der Waals surface area contributed by atoms with Crippen LogP contribution in [0.1, 0.15) is 5.56 Å². The molecule has 0 spiro atoms. The molecule has 0 aliphatic rings. The van der Waals surface area contributed by atoms with Crippen LogP contribution in [0.4, 0.5) is 10.6 Å². The maximum atomic E-state index is 11.7. The average Bonchev–Trinajstić information content (AvgIpc) is 2.46. The smallest absolute Gasteiger partial charge is 0.413 e. The Hall–Kier alpha value is -2.34. The summed E-state index contributed by atoms with van der Waals surface area (Å²) in [5.74, 6) is 0.344. The van der Waals surface area contributed by atoms with Gasteiger partial charge in [0.15, 0.2) is 16.7 Å². The maximum absolute atomic E-state index is 11.7. The van der Waals surface area contributed by atoms with Crippen molar-refractivity contribution in [3.63, 3.8) is 0 Å². The number of nitrogens with zero attached hydrogens (tertiary/aromatic N) is 2. The summed E-state index contributed by atoms with van der Waals surface area (Å²) >= 11 is 5.82. The number of aromatic nitrogens is 2. The molecule has 0 radical (unpaired) electrons. The molecule has 0 atom stereocenters. The van der Waals surface area contributed by atoms with Crippen LogP contribution >= 0.6 is 11.6 Å². The summed E-state index contributed by atoms with van der Waals surface area (Å²) in [7, 11) is 1.41. The van der Waals surface area contributed by atoms with Gasteiger partial charge < -0.3 is 9.47 Å². The highest BCUT2D eigenvalue weighted by molar-refractivity contribution is 6.31. The number of nitrogens with one attached hydrogen (secondary N) is 1. The highest BCUT2D eigenvalue weighted by Gasteiger charge is 2.13. The molecule has 7 heteroatoms. The van der Waals surface area contributed by atoms with Gasteiger partial charge in [-0.1, -0.05) is 41.9 Å². The van der Waals surface area contributed by atoms with Crippen molar-refractivity contribution in [1.82, 2.24) is 9.97 Å². The molecular formula is C13H12ClN3O3. The van der Waals surface area contributed by atoms with Crippen LogP contribution in [-0.4, -0.2) is 23.2 Å². The quantitative estimate of drug-likeness (QED) is 0.877. The summed E-state index contributed by atoms with van der Waals surface area (Å²) in [4.78, 5) is 19.3. The van der Waals surface area contributed by atoms with Crippen molar-refractivity contribution >= 4 is 23.5 Å². The predicted molar refractivity (Wildman–Crippen MR) is 73.8 cm³/mol. The van der Waals surface area contributed by atoms with Gasteiger partial charge in [0, 0.05) is 0 Å². The number of benzene rings is 1. The van der Waals surface area contributed by atoms with E-state index in [2.05, 4.69) is 15.3 Å². The van der Waals surface area contributed by atoms with Crippen LogP contribution in [0, 0.1) is 0 Å². The molecule has 0 saturated carbocycles. The second-order valence-corrected chi connectivity index (χ2v) is 4.09. The molecule has 0 aliphatic carbocycles. The van der Waals surface area contributed by atoms with Gasteiger partial charge in [0.1, 0.15) is 12.9 Å². The molecule has 1 heterocycles. The van der Waals surface area contributed by atoms with Crippen LogP contribution in [0.3, 0.4) is 0 Å². The molecule has 6 nitrogen and oxygen atoms in total. The van der Waals surface area contributed by atoms with Crippen LogP contribution in [0.25, 0.3) is 0 Å². The average molecular weight is 294 g/mol. The van der Waals surface area contributed by atoms with Crippen LogP contribution in [0.5, 0.6) is 5.75 Å². The zero-order valence-electron chi connectivity index (χ0n) is 10.7. The van der Waals surface area contributed by atoms with E-state index in [0.717, 1.165) is 5.56 Å². The monoisotopic (exact) mass is 293 g/mol. The van der Waals surface area contributed by atoms with Gasteiger partial charge in [-0.15, -0.1) is 0 Å². The first kappa shape index (κ1) is 14.1. The number of halogens is 1. The Morgan fingerprint density at radius 1 is 1.30 bits per heavy atom. The zero-order chi connectivity index (χ0) is 14.4. The first-order valence-corrected chi connectivity index (χ1v) is 6.10. The lowest BCUT2D eigenvalue weighted by molar-refractivity contribution is 0.155. The van der Waals surface area contributed by atoms with E-state index < -0.39 is 6.09 Å². The number of rotatable bonds is 4. The summed E-state index contributed by atoms with van der Waals surface area (Å²) in [6, 6.07) is 9.33. The molecule has 0 unspecified atom stereocenters. The number of hydrogen-bond donors (Lipinski definition) is 1. The molecular weight excluding hydrogens is 282 g/mol. The Kier molecular flexibility index (Phi) is 4.73. The molecule has 1 aromatic carbocycles. The molecule has 2 rings (SSSR count). The molecule has 1 N–H and O–H groups in total. The normalized spacial score (nSPS) is 9.90. The number of ether oxygens (including phenoxy) is 2. The lowest BCUT2D eigenvalue weighted by Crippen LogP contribution is -2.15. The van der Waals surface area contributed by atoms with Crippen molar-refractivity contribution in [2.24, 2.45) is 0 Å². The third-order valence-corrected chi connectivity index (χ3v) is 2.67. The van der Waals surface area contributed by atoms with Crippen molar-refractivity contribution in [3.05, 3.63) is 47.4 Å². The Bertz CT molecular complexity index is 593. The van der Waals surface area contributed by atoms with E-state index in [1.807, 2.05) is 30.3 Å². The minimum absolute atomic E-state index is 0.112. The van der Waals surface area contributed by atoms with E-state index in [1.54, 1.807) is 0 Å². The van der Waals surface area contributed by atoms with Crippen LogP contribution in [0.2, 0.25) is 5.15 Å². The molecule has 1 aromatic heterocycles. The van der Waals surface area contributed by atoms with E-state index >= 15 is 0 Å². The lowest BCUT2D eigenvalue weighted by atomic mass is 10.2. The second kappa shape index (κ2) is 6.72. The van der Waals surface area contributed by atoms with E-state index in [0.29, 0.717) is 0 Å². The minimum atomic E-state index is -0.651. The van der Waals surface area contributed by atoms with Gasteiger partial charge in [-0.05, 0) is 5.56 Å². The summed E-state index contributed by atoms with van der Waals surface area (Å²) < 4.78 is 10.1. The van der Waals surface area contributed by atoms with E-state index in [4.69, 9.17) is 21.1 Å². The SMILES string of the molecule is COc1c(Cl)ncnc1NC(=O)OCc1ccccc1. The van der Waals surface area contributed by atoms with E-state index in [-0.39, 0.29) is 23.3 Å². The first-order valence-electron chi connectivity index (χ1n) is 5.73. The summed E-state index contributed by atoms with van der Waals surface area (Å²) in [6.07, 6.45) is 0.569. The predicted octanol–water partition coefficient (Wildman–Crippen LogP) is 2.89. The number of carbonyl (C=O) groups is 1. The number of carbonyl (C=O) groups excluding carboxylic acids is 1. The third-order valence-electron chi connectivity index (χ3n) is 2.40. The van der Waals surface area contributed by atoms with Crippen LogP contribution in [0.15, 0.2) is 36.7 Å². The van der Waals surface area contributed by atoms with Crippen molar-refractivity contribution < 1.29 is 14.3 Å². The number of amides is 1. The van der Waals surface area contributed by atoms with Crippen LogP contribution < -0.4 is 10.1 Å². The van der Waals surface area contributed by atoms with Gasteiger partial charge in [-0.3, -0.25) is 5.32 Å². The third kappa shape index (κ3) is 3.58. The summed E-state index contributed by atoms with van der Waals surface area (Å²) in [5, 5.41) is 2.56. The van der Waals surface area contributed by atoms with E-state index in [9.17, 15) is 4.79 Å². The second-order valence-electron chi connectivity index (χ2n) is 3.73. The van der Waals surface area contributed by atoms with Crippen molar-refractivity contribution in [3.8, 4) is 5.75 Å². The van der Waals surface area contributed by atoms with Crippen molar-refractivity contribution in [1.29, 1.82) is 0 Å². The maximum Gasteiger partial charge on any atom is 0.413 e. The topological polar surface area (TPSA) is 73.3 Å². The Morgan fingerprint density at radius 2 is 2.05 bits per heavy atom. The lowest BCUT2D eigenvalue weighted by Gasteiger charge is -2.10. The molecule has 20 heavy (non-hydrogen) atoms. The Labute approximate surface area is 120 Å². The van der Waals surface area contributed by atoms with Gasteiger partial charge in [0.25, 0.3) is 0 Å². The van der Waals surface area contributed by atoms with E-state index in [1.165, 1.54) is 13.4 Å². The number of hydrogen-bond acceptors (Lipinski definition) is 5. The largest absolute Gasteiger partial charge is 0.490 e. The molecule has 104 valence electrons. The molecule has 0 fully saturated rings. The van der Waals surface area contributed by atoms with Gasteiger partial charge in [0.05, 0.1) is 7.11 Å². The number of anilines is 1. The van der Waals surface area contributed by atoms with Crippen molar-refractivity contribution in [2.75, 3.05) is 12.4 Å². The summed E-state index contributed by atoms with van der Waals surface area (Å²) in [6.45, 7) is 0.161. The van der Waals surface area contributed by atoms with Crippen molar-refractivity contribution in [2.45, 2.75) is 6.61 Å². The molecule has 0 bridgehead atoms. The van der Waals surface area contributed by atoms with Gasteiger partial charge in [0.2, 0.25) is 0 Å². The van der Waals surface area contributed by atoms with Gasteiger partial charge in [-0.2, -0.15) is 0 Å². The molecule has 1 amide bonds. The molecule has 0 saturated heterocycles. The van der Waals surface area contributed by atoms with Gasteiger partial charge >= 0.3 is 6.09 Å². The molecule has 2 aromatic rings. The van der Waals surface area contributed by atoms with Crippen LogP contribution in [-0.2, 0) is 11.3 Å². The minimum Gasteiger partial charge on any atom is -0.490 e. The fourth-order valence-corrected chi connectivity index (χ4v) is 1.69. The highest BCUT2D eigenvalue weighted by Crippen LogP contribution is 2.28. The fourth-order valence-electron chi connectivity index (χ4n) is 1.48. The Balaban J connectivity index is 1.97. The summed E-state index contributed by atoms with van der Waals surface area (Å²) in [5.41, 5.74) is 0.885. The highest BCUT2D eigenvalue weighted by atomic mass is 35.5. The zero-order valence-corrected chi connectivity index (χ0v) is 11.4. The number of methoxy groups -OCH3 is 1.